The maximum atomic E-state index is 15.6. The molecule has 1 saturated heterocycles. The summed E-state index contributed by atoms with van der Waals surface area (Å²) in [4.78, 5) is 0. The molecule has 1 fully saturated rings. The van der Waals surface area contributed by atoms with Crippen LogP contribution in [0.5, 0.6) is 0 Å². The van der Waals surface area contributed by atoms with E-state index in [1.165, 1.54) is 0 Å². The van der Waals surface area contributed by atoms with Crippen LogP contribution in [0.4, 0.5) is 8.78 Å². The van der Waals surface area contributed by atoms with Crippen molar-refractivity contribution in [1.82, 2.24) is 0 Å². The topological polar surface area (TPSA) is 86.6 Å². The Balaban J connectivity index is 1.48. The monoisotopic (exact) mass is 620 g/mol. The van der Waals surface area contributed by atoms with E-state index in [1.54, 1.807) is 12.1 Å². The van der Waals surface area contributed by atoms with Crippen LogP contribution in [0.2, 0.25) is 0 Å². The molecule has 7 nitrogen and oxygen atoms in total. The lowest BCUT2D eigenvalue weighted by molar-refractivity contribution is -0.340. The van der Waals surface area contributed by atoms with Gasteiger partial charge in [0.2, 0.25) is 6.29 Å². The Morgan fingerprint density at radius 3 is 1.36 bits per heavy atom. The zero-order chi connectivity index (χ0) is 31.5. The van der Waals surface area contributed by atoms with Gasteiger partial charge in [-0.25, -0.2) is 0 Å². The van der Waals surface area contributed by atoms with E-state index in [-0.39, 0.29) is 33.0 Å². The van der Waals surface area contributed by atoms with Gasteiger partial charge in [-0.05, 0) is 22.3 Å². The van der Waals surface area contributed by atoms with Crippen molar-refractivity contribution in [2.45, 2.75) is 69.2 Å². The molecule has 0 radical (unpaired) electrons. The lowest BCUT2D eigenvalue weighted by atomic mass is 9.90. The summed E-state index contributed by atoms with van der Waals surface area (Å²) < 4.78 is 62.2. The molecule has 1 heterocycles. The highest BCUT2D eigenvalue weighted by Gasteiger charge is 2.60. The Hall–Kier alpha value is -3.54. The van der Waals surface area contributed by atoms with Gasteiger partial charge in [-0.1, -0.05) is 121 Å². The lowest BCUT2D eigenvalue weighted by Crippen LogP contribution is -2.67. The summed E-state index contributed by atoms with van der Waals surface area (Å²) in [5.74, 6) is -4.11. The Bertz CT molecular complexity index is 1390. The summed E-state index contributed by atoms with van der Waals surface area (Å²) >= 11 is 0. The SMILES string of the molecule is OC(O)C(F)(F)[C@@H]1O[C@H](COCc2ccccc2)[C@@H](OCc2ccccc2)[C@@H](OCc2ccccc2)[C@@H]1OCc1ccccc1. The van der Waals surface area contributed by atoms with Crippen molar-refractivity contribution in [1.29, 1.82) is 0 Å². The van der Waals surface area contributed by atoms with Crippen molar-refractivity contribution in [2.75, 3.05) is 6.61 Å². The van der Waals surface area contributed by atoms with Gasteiger partial charge in [0.05, 0.1) is 33.0 Å². The fourth-order valence-electron chi connectivity index (χ4n) is 5.25. The molecule has 0 amide bonds. The average molecular weight is 621 g/mol. The van der Waals surface area contributed by atoms with Crippen molar-refractivity contribution >= 4 is 0 Å². The van der Waals surface area contributed by atoms with Gasteiger partial charge in [-0.3, -0.25) is 0 Å². The second-order valence-electron chi connectivity index (χ2n) is 10.9. The Labute approximate surface area is 261 Å². The molecular weight excluding hydrogens is 582 g/mol. The second-order valence-corrected chi connectivity index (χ2v) is 10.9. The summed E-state index contributed by atoms with van der Waals surface area (Å²) in [5, 5.41) is 19.7. The van der Waals surface area contributed by atoms with E-state index in [0.29, 0.717) is 0 Å². The summed E-state index contributed by atoms with van der Waals surface area (Å²) in [7, 11) is 0. The molecule has 4 aromatic rings. The summed E-state index contributed by atoms with van der Waals surface area (Å²) in [6.45, 7) is 0.247. The highest BCUT2D eigenvalue weighted by molar-refractivity contribution is 5.17. The first-order chi connectivity index (χ1) is 21.9. The quantitative estimate of drug-likeness (QED) is 0.166. The fourth-order valence-corrected chi connectivity index (χ4v) is 5.25. The predicted molar refractivity (Wildman–Crippen MR) is 163 cm³/mol. The first kappa shape index (κ1) is 32.8. The van der Waals surface area contributed by atoms with Crippen LogP contribution in [0.25, 0.3) is 0 Å². The molecule has 1 aliphatic rings. The number of aliphatic hydroxyl groups excluding tert-OH is 1. The number of hydrogen-bond acceptors (Lipinski definition) is 7. The molecule has 0 bridgehead atoms. The number of benzene rings is 4. The predicted octanol–water partition coefficient (Wildman–Crippen LogP) is 5.67. The normalized spacial score (nSPS) is 22.0. The molecule has 5 atom stereocenters. The van der Waals surface area contributed by atoms with Gasteiger partial charge in [-0.15, -0.1) is 0 Å². The molecule has 2 N–H and O–H groups in total. The van der Waals surface area contributed by atoms with Crippen molar-refractivity contribution in [3.05, 3.63) is 144 Å². The molecule has 0 unspecified atom stereocenters. The molecule has 0 aliphatic carbocycles. The molecular formula is C36H38F2O7. The van der Waals surface area contributed by atoms with Crippen molar-refractivity contribution in [3.8, 4) is 0 Å². The zero-order valence-corrected chi connectivity index (χ0v) is 24.7. The van der Waals surface area contributed by atoms with Crippen LogP contribution in [0, 0.1) is 0 Å². The number of halogens is 2. The number of alkyl halides is 2. The number of ether oxygens (including phenoxy) is 5. The molecule has 0 aromatic heterocycles. The number of aliphatic hydroxyl groups is 2. The van der Waals surface area contributed by atoms with Gasteiger partial charge in [0.15, 0.2) is 6.10 Å². The highest BCUT2D eigenvalue weighted by Crippen LogP contribution is 2.38. The van der Waals surface area contributed by atoms with Gasteiger partial charge in [-0.2, -0.15) is 8.78 Å². The Morgan fingerprint density at radius 2 is 0.933 bits per heavy atom. The largest absolute Gasteiger partial charge is 0.374 e. The van der Waals surface area contributed by atoms with Crippen LogP contribution in [-0.2, 0) is 50.1 Å². The third kappa shape index (κ3) is 9.02. The molecule has 238 valence electrons. The maximum Gasteiger partial charge on any atom is 0.325 e. The number of hydrogen-bond donors (Lipinski definition) is 2. The van der Waals surface area contributed by atoms with E-state index in [2.05, 4.69) is 0 Å². The van der Waals surface area contributed by atoms with Gasteiger partial charge >= 0.3 is 5.92 Å². The van der Waals surface area contributed by atoms with E-state index >= 15 is 8.78 Å². The summed E-state index contributed by atoms with van der Waals surface area (Å²) in [5.41, 5.74) is 3.31. The van der Waals surface area contributed by atoms with Crippen LogP contribution in [-0.4, -0.2) is 59.6 Å². The van der Waals surface area contributed by atoms with Crippen molar-refractivity contribution in [2.24, 2.45) is 0 Å². The van der Waals surface area contributed by atoms with Gasteiger partial charge in [0.1, 0.15) is 24.4 Å². The van der Waals surface area contributed by atoms with Crippen molar-refractivity contribution in [3.63, 3.8) is 0 Å². The third-order valence-electron chi connectivity index (χ3n) is 7.61. The molecule has 4 aromatic carbocycles. The van der Waals surface area contributed by atoms with Crippen LogP contribution >= 0.6 is 0 Å². The van der Waals surface area contributed by atoms with Gasteiger partial charge < -0.3 is 33.9 Å². The number of rotatable bonds is 15. The van der Waals surface area contributed by atoms with E-state index in [9.17, 15) is 10.2 Å². The molecule has 9 heteroatoms. The van der Waals surface area contributed by atoms with Crippen LogP contribution < -0.4 is 0 Å². The van der Waals surface area contributed by atoms with Gasteiger partial charge in [0, 0.05) is 0 Å². The first-order valence-corrected chi connectivity index (χ1v) is 14.9. The minimum atomic E-state index is -4.11. The molecule has 0 saturated carbocycles. The van der Waals surface area contributed by atoms with E-state index in [0.717, 1.165) is 22.3 Å². The van der Waals surface area contributed by atoms with Crippen molar-refractivity contribution < 1.29 is 42.7 Å². The van der Waals surface area contributed by atoms with Crippen LogP contribution in [0.3, 0.4) is 0 Å². The zero-order valence-electron chi connectivity index (χ0n) is 24.7. The highest BCUT2D eigenvalue weighted by atomic mass is 19.3. The van der Waals surface area contributed by atoms with E-state index < -0.39 is 42.7 Å². The Kier molecular flexibility index (Phi) is 11.8. The average Bonchev–Trinajstić information content (AvgIpc) is 3.07. The lowest BCUT2D eigenvalue weighted by Gasteiger charge is -2.48. The molecule has 0 spiro atoms. The third-order valence-corrected chi connectivity index (χ3v) is 7.61. The van der Waals surface area contributed by atoms with Crippen LogP contribution in [0.1, 0.15) is 22.3 Å². The molecule has 45 heavy (non-hydrogen) atoms. The minimum Gasteiger partial charge on any atom is -0.374 e. The minimum absolute atomic E-state index is 0.0469. The molecule has 5 rings (SSSR count). The maximum absolute atomic E-state index is 15.6. The van der Waals surface area contributed by atoms with E-state index in [1.807, 2.05) is 109 Å². The first-order valence-electron chi connectivity index (χ1n) is 14.9. The van der Waals surface area contributed by atoms with E-state index in [4.69, 9.17) is 23.7 Å². The standard InChI is InChI=1S/C36H38F2O7/c37-36(38,35(39)40)34-33(44-24-29-19-11-4-12-20-29)32(43-23-28-17-9-3-10-18-28)31(42-22-27-15-7-2-8-16-27)30(45-34)25-41-21-26-13-5-1-6-14-26/h1-20,30-35,39-40H,21-25H2/t30-,31-,32-,33+,34-/m1/s1. The van der Waals surface area contributed by atoms with Crippen LogP contribution in [0.15, 0.2) is 121 Å². The smallest absolute Gasteiger partial charge is 0.325 e. The Morgan fingerprint density at radius 1 is 0.556 bits per heavy atom. The summed E-state index contributed by atoms with van der Waals surface area (Å²) in [6, 6.07) is 37.3. The second kappa shape index (κ2) is 16.1. The summed E-state index contributed by atoms with van der Waals surface area (Å²) in [6.07, 6.45) is -9.64. The fraction of sp³-hybridized carbons (Fsp3) is 0.333. The van der Waals surface area contributed by atoms with Gasteiger partial charge in [0.25, 0.3) is 0 Å². The molecule has 1 aliphatic heterocycles.